The number of carbonyl (C=O) groups is 1. The van der Waals surface area contributed by atoms with Crippen LogP contribution in [0.1, 0.15) is 47.1 Å². The van der Waals surface area contributed by atoms with Gasteiger partial charge in [0, 0.05) is 24.8 Å². The molecule has 0 N–H and O–H groups in total. The first-order valence-electron chi connectivity index (χ1n) is 12.0. The van der Waals surface area contributed by atoms with Crippen LogP contribution < -0.4 is 9.47 Å². The van der Waals surface area contributed by atoms with Crippen molar-refractivity contribution >= 4 is 5.91 Å². The van der Waals surface area contributed by atoms with Crippen LogP contribution in [0.4, 0.5) is 0 Å². The van der Waals surface area contributed by atoms with E-state index < -0.39 is 5.91 Å². The standard InChI is InChI=1S/C30H30N2O4/c1-3-4-25(18-30(33)31-34)24-9-12-28(13-10-24)36-21-23-7-5-22(6-8-23)19-32-16-15-26-17-29(35-2)14-11-27(26)20-32/h5-14,17,25H,15-16,18-21H2,1-2H3. The third kappa shape index (κ3) is 6.59. The van der Waals surface area contributed by atoms with Crippen LogP contribution in [-0.4, -0.2) is 24.5 Å². The number of benzene rings is 3. The lowest BCUT2D eigenvalue weighted by Crippen LogP contribution is -2.30. The largest absolute Gasteiger partial charge is 0.497 e. The summed E-state index contributed by atoms with van der Waals surface area (Å²) in [5, 5.41) is 2.48. The molecule has 1 amide bonds. The van der Waals surface area contributed by atoms with E-state index in [1.807, 2.05) is 30.3 Å². The molecule has 0 aliphatic carbocycles. The molecule has 1 heterocycles. The molecule has 0 saturated carbocycles. The van der Waals surface area contributed by atoms with E-state index in [9.17, 15) is 9.70 Å². The number of nitroso groups, excluding NO2 is 1. The van der Waals surface area contributed by atoms with Crippen molar-refractivity contribution in [1.82, 2.24) is 4.90 Å². The highest BCUT2D eigenvalue weighted by molar-refractivity contribution is 5.78. The van der Waals surface area contributed by atoms with Gasteiger partial charge in [-0.25, -0.2) is 0 Å². The van der Waals surface area contributed by atoms with Crippen molar-refractivity contribution in [2.45, 2.75) is 45.4 Å². The van der Waals surface area contributed by atoms with Crippen molar-refractivity contribution in [2.24, 2.45) is 5.18 Å². The van der Waals surface area contributed by atoms with Gasteiger partial charge in [-0.3, -0.25) is 9.69 Å². The van der Waals surface area contributed by atoms with Crippen LogP contribution in [0.2, 0.25) is 0 Å². The smallest absolute Gasteiger partial charge is 0.287 e. The predicted octanol–water partition coefficient (Wildman–Crippen LogP) is 5.62. The molecule has 0 fully saturated rings. The number of amides is 1. The van der Waals surface area contributed by atoms with Gasteiger partial charge in [0.05, 0.1) is 19.4 Å². The number of rotatable bonds is 9. The molecule has 0 spiro atoms. The van der Waals surface area contributed by atoms with Gasteiger partial charge in [0.25, 0.3) is 5.91 Å². The Morgan fingerprint density at radius 3 is 2.42 bits per heavy atom. The van der Waals surface area contributed by atoms with Crippen LogP contribution in [-0.2, 0) is 30.9 Å². The summed E-state index contributed by atoms with van der Waals surface area (Å²) in [6.45, 7) is 5.07. The van der Waals surface area contributed by atoms with Gasteiger partial charge < -0.3 is 9.47 Å². The van der Waals surface area contributed by atoms with Crippen LogP contribution in [0.25, 0.3) is 0 Å². The van der Waals surface area contributed by atoms with E-state index in [1.165, 1.54) is 16.7 Å². The van der Waals surface area contributed by atoms with E-state index in [-0.39, 0.29) is 12.3 Å². The molecular formula is C30H30N2O4. The Bertz CT molecular complexity index is 1260. The topological polar surface area (TPSA) is 68.2 Å². The monoisotopic (exact) mass is 482 g/mol. The molecule has 6 nitrogen and oxygen atoms in total. The minimum absolute atomic E-state index is 0.0183. The summed E-state index contributed by atoms with van der Waals surface area (Å²) in [5.41, 5.74) is 5.99. The minimum atomic E-state index is -0.697. The fourth-order valence-electron chi connectivity index (χ4n) is 4.45. The fraction of sp³-hybridized carbons (Fsp3) is 0.300. The van der Waals surface area contributed by atoms with Gasteiger partial charge in [-0.2, -0.15) is 0 Å². The Morgan fingerprint density at radius 1 is 1.00 bits per heavy atom. The highest BCUT2D eigenvalue weighted by atomic mass is 16.5. The van der Waals surface area contributed by atoms with Crippen molar-refractivity contribution < 1.29 is 14.3 Å². The first-order chi connectivity index (χ1) is 17.6. The molecule has 0 radical (unpaired) electrons. The molecule has 1 unspecified atom stereocenters. The Hall–Kier alpha value is -3.95. The van der Waals surface area contributed by atoms with Gasteiger partial charge in [-0.1, -0.05) is 48.4 Å². The van der Waals surface area contributed by atoms with Crippen molar-refractivity contribution in [1.29, 1.82) is 0 Å². The van der Waals surface area contributed by atoms with Crippen LogP contribution in [0.3, 0.4) is 0 Å². The molecular weight excluding hydrogens is 452 g/mol. The molecule has 0 bridgehead atoms. The van der Waals surface area contributed by atoms with Crippen molar-refractivity contribution in [3.8, 4) is 23.3 Å². The van der Waals surface area contributed by atoms with E-state index in [2.05, 4.69) is 58.3 Å². The van der Waals surface area contributed by atoms with E-state index >= 15 is 0 Å². The van der Waals surface area contributed by atoms with E-state index in [0.717, 1.165) is 48.7 Å². The van der Waals surface area contributed by atoms with Gasteiger partial charge in [-0.05, 0) is 65.4 Å². The van der Waals surface area contributed by atoms with Gasteiger partial charge in [-0.15, -0.1) is 10.8 Å². The van der Waals surface area contributed by atoms with Gasteiger partial charge in [0.2, 0.25) is 0 Å². The van der Waals surface area contributed by atoms with Crippen molar-refractivity contribution in [2.75, 3.05) is 13.7 Å². The summed E-state index contributed by atoms with van der Waals surface area (Å²) in [7, 11) is 1.71. The molecule has 6 heteroatoms. The summed E-state index contributed by atoms with van der Waals surface area (Å²) in [4.78, 5) is 24.4. The van der Waals surface area contributed by atoms with Crippen LogP contribution in [0.5, 0.6) is 11.5 Å². The van der Waals surface area contributed by atoms with E-state index in [4.69, 9.17) is 9.47 Å². The Morgan fingerprint density at radius 2 is 1.72 bits per heavy atom. The quantitative estimate of drug-likeness (QED) is 0.292. The lowest BCUT2D eigenvalue weighted by atomic mass is 9.96. The number of carbonyl (C=O) groups excluding carboxylic acids is 1. The maximum atomic E-state index is 11.4. The molecule has 36 heavy (non-hydrogen) atoms. The number of hydrogen-bond acceptors (Lipinski definition) is 5. The molecule has 184 valence electrons. The maximum absolute atomic E-state index is 11.4. The second-order valence-electron chi connectivity index (χ2n) is 8.91. The normalized spacial score (nSPS) is 13.6. The highest BCUT2D eigenvalue weighted by Crippen LogP contribution is 2.25. The number of hydrogen-bond donors (Lipinski definition) is 0. The zero-order valence-electron chi connectivity index (χ0n) is 20.7. The first kappa shape index (κ1) is 25.2. The van der Waals surface area contributed by atoms with Crippen molar-refractivity contribution in [3.63, 3.8) is 0 Å². The van der Waals surface area contributed by atoms with Gasteiger partial charge >= 0.3 is 0 Å². The average molecular weight is 483 g/mol. The summed E-state index contributed by atoms with van der Waals surface area (Å²) < 4.78 is 11.3. The average Bonchev–Trinajstić information content (AvgIpc) is 2.92. The lowest BCUT2D eigenvalue weighted by molar-refractivity contribution is -0.118. The van der Waals surface area contributed by atoms with Crippen molar-refractivity contribution in [3.05, 3.63) is 99.5 Å². The second kappa shape index (κ2) is 12.1. The Balaban J connectivity index is 1.29. The number of nitrogens with zero attached hydrogens (tertiary/aromatic N) is 2. The zero-order valence-corrected chi connectivity index (χ0v) is 20.7. The second-order valence-corrected chi connectivity index (χ2v) is 8.91. The van der Waals surface area contributed by atoms with E-state index in [0.29, 0.717) is 6.61 Å². The van der Waals surface area contributed by atoms with Crippen LogP contribution >= 0.6 is 0 Å². The highest BCUT2D eigenvalue weighted by Gasteiger charge is 2.17. The summed E-state index contributed by atoms with van der Waals surface area (Å²) in [6.07, 6.45) is 1.02. The molecule has 1 aliphatic rings. The Kier molecular flexibility index (Phi) is 8.48. The SMILES string of the molecule is CC#CC(CC(=O)N=O)c1ccc(OCc2ccc(CN3CCc4cc(OC)ccc4C3)cc2)cc1. The first-order valence-corrected chi connectivity index (χ1v) is 12.0. The summed E-state index contributed by atoms with van der Waals surface area (Å²) in [5.74, 6) is 6.39. The molecule has 3 aromatic carbocycles. The summed E-state index contributed by atoms with van der Waals surface area (Å²) >= 11 is 0. The van der Waals surface area contributed by atoms with Gasteiger partial charge in [0.1, 0.15) is 18.1 Å². The molecule has 3 aromatic rings. The lowest BCUT2D eigenvalue weighted by Gasteiger charge is -2.29. The number of ether oxygens (including phenoxy) is 2. The molecule has 1 aliphatic heterocycles. The third-order valence-corrected chi connectivity index (χ3v) is 6.42. The van der Waals surface area contributed by atoms with Gasteiger partial charge in [0.15, 0.2) is 0 Å². The van der Waals surface area contributed by atoms with Crippen LogP contribution in [0.15, 0.2) is 71.9 Å². The third-order valence-electron chi connectivity index (χ3n) is 6.42. The number of methoxy groups -OCH3 is 1. The molecule has 0 saturated heterocycles. The zero-order chi connectivity index (χ0) is 25.3. The molecule has 0 aromatic heterocycles. The minimum Gasteiger partial charge on any atom is -0.497 e. The maximum Gasteiger partial charge on any atom is 0.287 e. The Labute approximate surface area is 212 Å². The fourth-order valence-corrected chi connectivity index (χ4v) is 4.45. The number of fused-ring (bicyclic) bond motifs is 1. The molecule has 4 rings (SSSR count). The molecule has 1 atom stereocenters. The van der Waals surface area contributed by atoms with Crippen LogP contribution in [0, 0.1) is 16.7 Å². The predicted molar refractivity (Wildman–Crippen MR) is 140 cm³/mol. The van der Waals surface area contributed by atoms with E-state index in [1.54, 1.807) is 14.0 Å². The summed E-state index contributed by atoms with van der Waals surface area (Å²) in [6, 6.07) is 22.4.